The maximum atomic E-state index is 11.1. The zero-order valence-corrected chi connectivity index (χ0v) is 8.31. The van der Waals surface area contributed by atoms with Gasteiger partial charge in [0, 0.05) is 18.8 Å². The molecule has 1 heterocycles. The Balaban J connectivity index is 3.06. The highest BCUT2D eigenvalue weighted by molar-refractivity contribution is 9.10. The predicted molar refractivity (Wildman–Crippen MR) is 43.2 cm³/mol. The molecule has 0 aromatic rings. The molecule has 0 saturated carbocycles. The fourth-order valence-corrected chi connectivity index (χ4v) is 1.43. The second-order valence-corrected chi connectivity index (χ2v) is 4.26. The number of carbonyl (C=O) groups excluding carboxylic acids is 2. The van der Waals surface area contributed by atoms with E-state index in [1.165, 1.54) is 11.9 Å². The van der Waals surface area contributed by atoms with Crippen molar-refractivity contribution in [1.29, 1.82) is 0 Å². The van der Waals surface area contributed by atoms with Gasteiger partial charge >= 0.3 is 6.03 Å². The Kier molecular flexibility index (Phi) is 1.88. The quantitative estimate of drug-likeness (QED) is 0.276. The van der Waals surface area contributed by atoms with Crippen molar-refractivity contribution >= 4 is 39.6 Å². The second-order valence-electron chi connectivity index (χ2n) is 2.38. The van der Waals surface area contributed by atoms with Gasteiger partial charge in [-0.3, -0.25) is 4.79 Å². The molecule has 1 rings (SSSR count). The number of halogens is 2. The summed E-state index contributed by atoms with van der Waals surface area (Å²) in [5, 5.41) is 0. The van der Waals surface area contributed by atoms with Crippen molar-refractivity contribution in [3.05, 3.63) is 0 Å². The van der Waals surface area contributed by atoms with E-state index in [0.717, 1.165) is 0 Å². The fourth-order valence-electron chi connectivity index (χ4n) is 0.721. The van der Waals surface area contributed by atoms with Crippen LogP contribution >= 0.6 is 27.7 Å². The molecule has 0 bridgehead atoms. The molecule has 0 aromatic heterocycles. The molecule has 4 nitrogen and oxygen atoms in total. The van der Waals surface area contributed by atoms with Gasteiger partial charge in [-0.25, -0.2) is 4.79 Å². The van der Waals surface area contributed by atoms with Crippen LogP contribution in [0, 0.1) is 0 Å². The first kappa shape index (κ1) is 8.80. The van der Waals surface area contributed by atoms with Gasteiger partial charge in [0.1, 0.15) is 0 Å². The molecule has 1 unspecified atom stereocenters. The van der Waals surface area contributed by atoms with E-state index >= 15 is 0 Å². The summed E-state index contributed by atoms with van der Waals surface area (Å²) in [6.07, 6.45) is 0. The van der Waals surface area contributed by atoms with Crippen molar-refractivity contribution in [3.8, 4) is 0 Å². The monoisotopic (exact) mass is 240 g/mol. The Bertz CT molecular complexity index is 231. The summed E-state index contributed by atoms with van der Waals surface area (Å²) in [7, 11) is 1.50. The summed E-state index contributed by atoms with van der Waals surface area (Å²) in [4.78, 5) is 23.4. The molecule has 1 saturated heterocycles. The van der Waals surface area contributed by atoms with Gasteiger partial charge in [0.2, 0.25) is 0 Å². The summed E-state index contributed by atoms with van der Waals surface area (Å²) in [5.74, 6) is -0.466. The van der Waals surface area contributed by atoms with E-state index in [2.05, 4.69) is 15.9 Å². The molecule has 1 atom stereocenters. The lowest BCUT2D eigenvalue weighted by Gasteiger charge is -2.20. The maximum absolute atomic E-state index is 11.1. The summed E-state index contributed by atoms with van der Waals surface area (Å²) in [5.41, 5.74) is 0. The Morgan fingerprint density at radius 3 is 2.09 bits per heavy atom. The largest absolute Gasteiger partial charge is 0.343 e. The number of hydrogen-bond acceptors (Lipinski definition) is 2. The van der Waals surface area contributed by atoms with Gasteiger partial charge in [-0.1, -0.05) is 15.9 Å². The highest BCUT2D eigenvalue weighted by Crippen LogP contribution is 2.32. The zero-order valence-electron chi connectivity index (χ0n) is 5.97. The highest BCUT2D eigenvalue weighted by atomic mass is 79.9. The minimum atomic E-state index is -0.994. The lowest BCUT2D eigenvalue weighted by Crippen LogP contribution is -2.38. The van der Waals surface area contributed by atoms with E-state index in [1.807, 2.05) is 0 Å². The molecule has 6 heteroatoms. The van der Waals surface area contributed by atoms with E-state index < -0.39 is 16.4 Å². The Morgan fingerprint density at radius 2 is 2.00 bits per heavy atom. The molecule has 1 aliphatic heterocycles. The zero-order chi connectivity index (χ0) is 8.81. The summed E-state index contributed by atoms with van der Waals surface area (Å²) < 4.78 is -0.430. The van der Waals surface area contributed by atoms with Crippen LogP contribution in [0.15, 0.2) is 0 Å². The summed E-state index contributed by atoms with van der Waals surface area (Å²) >= 11 is 8.44. The Hall–Kier alpha value is -0.290. The van der Waals surface area contributed by atoms with Crippen molar-refractivity contribution < 1.29 is 9.59 Å². The summed E-state index contributed by atoms with van der Waals surface area (Å²) in [6, 6.07) is -0.518. The van der Waals surface area contributed by atoms with Gasteiger partial charge < -0.3 is 4.90 Å². The SMILES string of the molecule is CN1C(=O)N(Cl)C(=O)C1(C)Br. The molecule has 0 N–H and O–H groups in total. The van der Waals surface area contributed by atoms with Crippen molar-refractivity contribution in [3.63, 3.8) is 0 Å². The number of carbonyl (C=O) groups is 2. The fraction of sp³-hybridized carbons (Fsp3) is 0.600. The van der Waals surface area contributed by atoms with Crippen LogP contribution in [0.25, 0.3) is 0 Å². The van der Waals surface area contributed by atoms with Crippen LogP contribution in [-0.4, -0.2) is 32.8 Å². The first-order chi connectivity index (χ1) is 4.89. The molecule has 0 aliphatic carbocycles. The average Bonchev–Trinajstić information content (AvgIpc) is 2.06. The Morgan fingerprint density at radius 1 is 1.55 bits per heavy atom. The number of urea groups is 1. The molecule has 11 heavy (non-hydrogen) atoms. The van der Waals surface area contributed by atoms with Crippen molar-refractivity contribution in [2.24, 2.45) is 0 Å². The molecule has 0 spiro atoms. The van der Waals surface area contributed by atoms with Crippen LogP contribution in [0.2, 0.25) is 0 Å². The number of rotatable bonds is 0. The molecule has 0 aromatic carbocycles. The van der Waals surface area contributed by atoms with Gasteiger partial charge in [-0.05, 0) is 6.92 Å². The normalized spacial score (nSPS) is 32.0. The van der Waals surface area contributed by atoms with Crippen LogP contribution in [-0.2, 0) is 4.79 Å². The smallest absolute Gasteiger partial charge is 0.302 e. The number of hydrogen-bond donors (Lipinski definition) is 0. The standard InChI is InChI=1S/C5H6BrClN2O2/c1-5(6)3(10)9(7)4(11)8(5)2/h1-2H3. The molecule has 3 amide bonds. The third-order valence-electron chi connectivity index (χ3n) is 1.65. The molecular formula is C5H6BrClN2O2. The topological polar surface area (TPSA) is 40.6 Å². The van der Waals surface area contributed by atoms with E-state index in [9.17, 15) is 9.59 Å². The number of amides is 3. The van der Waals surface area contributed by atoms with Crippen molar-refractivity contribution in [2.75, 3.05) is 7.05 Å². The van der Waals surface area contributed by atoms with Gasteiger partial charge in [-0.2, -0.15) is 4.42 Å². The lowest BCUT2D eigenvalue weighted by molar-refractivity contribution is -0.125. The molecular weight excluding hydrogens is 235 g/mol. The second kappa shape index (κ2) is 2.35. The highest BCUT2D eigenvalue weighted by Gasteiger charge is 2.50. The van der Waals surface area contributed by atoms with E-state index in [1.54, 1.807) is 6.92 Å². The molecule has 1 aliphatic rings. The van der Waals surface area contributed by atoms with E-state index in [-0.39, 0.29) is 0 Å². The van der Waals surface area contributed by atoms with Crippen LogP contribution in [0.4, 0.5) is 4.79 Å². The lowest BCUT2D eigenvalue weighted by atomic mass is 10.3. The predicted octanol–water partition coefficient (Wildman–Crippen LogP) is 1.15. The third kappa shape index (κ3) is 1.03. The maximum Gasteiger partial charge on any atom is 0.343 e. The first-order valence-corrected chi connectivity index (χ1v) is 3.99. The van der Waals surface area contributed by atoms with Crippen LogP contribution in [0.3, 0.4) is 0 Å². The number of imide groups is 1. The molecule has 1 fully saturated rings. The molecule has 0 radical (unpaired) electrons. The number of likely N-dealkylation sites (N-methyl/N-ethyl adjacent to an activating group) is 1. The summed E-state index contributed by atoms with van der Waals surface area (Å²) in [6.45, 7) is 1.57. The van der Waals surface area contributed by atoms with Gasteiger partial charge in [0.05, 0.1) is 0 Å². The van der Waals surface area contributed by atoms with Gasteiger partial charge in [0.25, 0.3) is 5.91 Å². The van der Waals surface area contributed by atoms with E-state index in [4.69, 9.17) is 11.8 Å². The van der Waals surface area contributed by atoms with Crippen molar-refractivity contribution in [1.82, 2.24) is 9.32 Å². The number of nitrogens with zero attached hydrogens (tertiary/aromatic N) is 2. The average molecular weight is 241 g/mol. The van der Waals surface area contributed by atoms with E-state index in [0.29, 0.717) is 4.42 Å². The van der Waals surface area contributed by atoms with Crippen LogP contribution in [0.5, 0.6) is 0 Å². The van der Waals surface area contributed by atoms with Gasteiger partial charge in [0.15, 0.2) is 4.45 Å². The minimum absolute atomic E-state index is 0.466. The van der Waals surface area contributed by atoms with Crippen molar-refractivity contribution in [2.45, 2.75) is 11.4 Å². The minimum Gasteiger partial charge on any atom is -0.302 e. The first-order valence-electron chi connectivity index (χ1n) is 2.86. The number of alkyl halides is 1. The Labute approximate surface area is 77.3 Å². The van der Waals surface area contributed by atoms with Gasteiger partial charge in [-0.15, -0.1) is 0 Å². The van der Waals surface area contributed by atoms with Crippen LogP contribution in [0.1, 0.15) is 6.92 Å². The van der Waals surface area contributed by atoms with Crippen LogP contribution < -0.4 is 0 Å². The molecule has 62 valence electrons. The third-order valence-corrected chi connectivity index (χ3v) is 2.82.